The fourth-order valence-corrected chi connectivity index (χ4v) is 2.48. The molecule has 0 saturated carbocycles. The Bertz CT molecular complexity index is 491. The third kappa shape index (κ3) is 2.75. The van der Waals surface area contributed by atoms with Crippen molar-refractivity contribution in [3.8, 4) is 5.75 Å². The predicted molar refractivity (Wildman–Crippen MR) is 83.7 cm³/mol. The highest BCUT2D eigenvalue weighted by atomic mass is 79.9. The normalized spacial score (nSPS) is 21.9. The number of hydrogen-bond acceptors (Lipinski definition) is 4. The maximum atomic E-state index is 6.32. The molecule has 0 bridgehead atoms. The van der Waals surface area contributed by atoms with Crippen molar-refractivity contribution in [2.24, 2.45) is 5.73 Å². The lowest BCUT2D eigenvalue weighted by atomic mass is 9.74. The fraction of sp³-hybridized carbons (Fsp3) is 0.571. The SMILES string of the molecule is COc1cc(Br)ccc1[C@@H](N)B1OC(C)(C)C(C)(C)O1. The Labute approximate surface area is 129 Å². The van der Waals surface area contributed by atoms with Crippen LogP contribution in [0.2, 0.25) is 0 Å². The molecule has 1 aliphatic rings. The van der Waals surface area contributed by atoms with Gasteiger partial charge in [0.15, 0.2) is 0 Å². The highest BCUT2D eigenvalue weighted by Crippen LogP contribution is 2.41. The van der Waals surface area contributed by atoms with Crippen LogP contribution in [-0.2, 0) is 9.31 Å². The molecule has 0 spiro atoms. The number of rotatable bonds is 3. The quantitative estimate of drug-likeness (QED) is 0.858. The summed E-state index contributed by atoms with van der Waals surface area (Å²) in [4.78, 5) is 0. The van der Waals surface area contributed by atoms with Crippen LogP contribution >= 0.6 is 15.9 Å². The summed E-state index contributed by atoms with van der Waals surface area (Å²) < 4.78 is 18.3. The van der Waals surface area contributed by atoms with Gasteiger partial charge in [-0.3, -0.25) is 0 Å². The van der Waals surface area contributed by atoms with E-state index in [9.17, 15) is 0 Å². The lowest BCUT2D eigenvalue weighted by Crippen LogP contribution is -2.41. The average molecular weight is 342 g/mol. The molecule has 2 N–H and O–H groups in total. The van der Waals surface area contributed by atoms with Crippen LogP contribution in [0.3, 0.4) is 0 Å². The van der Waals surface area contributed by atoms with Gasteiger partial charge in [0.1, 0.15) is 5.75 Å². The van der Waals surface area contributed by atoms with E-state index in [-0.39, 0.29) is 0 Å². The van der Waals surface area contributed by atoms with E-state index in [2.05, 4.69) is 15.9 Å². The summed E-state index contributed by atoms with van der Waals surface area (Å²) in [6.07, 6.45) is 0. The first-order valence-corrected chi connectivity index (χ1v) is 7.42. The third-order valence-corrected chi connectivity index (χ3v) is 4.61. The molecule has 0 aliphatic carbocycles. The molecule has 1 aromatic rings. The molecule has 2 rings (SSSR count). The summed E-state index contributed by atoms with van der Waals surface area (Å²) in [6.45, 7) is 8.05. The summed E-state index contributed by atoms with van der Waals surface area (Å²) in [5, 5.41) is 0. The van der Waals surface area contributed by atoms with Gasteiger partial charge in [0, 0.05) is 10.0 Å². The van der Waals surface area contributed by atoms with Crippen LogP contribution in [0.25, 0.3) is 0 Å². The molecule has 1 heterocycles. The van der Waals surface area contributed by atoms with Crippen LogP contribution in [0, 0.1) is 0 Å². The number of ether oxygens (including phenoxy) is 1. The Morgan fingerprint density at radius 1 is 1.20 bits per heavy atom. The summed E-state index contributed by atoms with van der Waals surface area (Å²) >= 11 is 3.42. The highest BCUT2D eigenvalue weighted by Gasteiger charge is 2.53. The molecule has 1 saturated heterocycles. The minimum Gasteiger partial charge on any atom is -0.496 e. The summed E-state index contributed by atoms with van der Waals surface area (Å²) in [5.41, 5.74) is 6.41. The zero-order valence-electron chi connectivity index (χ0n) is 12.6. The summed E-state index contributed by atoms with van der Waals surface area (Å²) in [6, 6.07) is 5.75. The van der Waals surface area contributed by atoms with Crippen molar-refractivity contribution >= 4 is 23.0 Å². The average Bonchev–Trinajstić information content (AvgIpc) is 2.57. The smallest absolute Gasteiger partial charge is 0.480 e. The number of halogens is 1. The van der Waals surface area contributed by atoms with Gasteiger partial charge in [-0.1, -0.05) is 22.0 Å². The van der Waals surface area contributed by atoms with E-state index in [1.165, 1.54) is 0 Å². The fourth-order valence-electron chi connectivity index (χ4n) is 2.14. The van der Waals surface area contributed by atoms with Crippen LogP contribution in [0.4, 0.5) is 0 Å². The molecular formula is C14H21BBrNO3. The van der Waals surface area contributed by atoms with E-state index >= 15 is 0 Å². The molecular weight excluding hydrogens is 321 g/mol. The van der Waals surface area contributed by atoms with Gasteiger partial charge in [0.05, 0.1) is 24.3 Å². The topological polar surface area (TPSA) is 53.7 Å². The monoisotopic (exact) mass is 341 g/mol. The van der Waals surface area contributed by atoms with E-state index in [1.807, 2.05) is 45.9 Å². The van der Waals surface area contributed by atoms with Gasteiger partial charge in [0.25, 0.3) is 0 Å². The van der Waals surface area contributed by atoms with E-state index < -0.39 is 24.3 Å². The summed E-state index contributed by atoms with van der Waals surface area (Å²) in [5.74, 6) is 0.320. The third-order valence-electron chi connectivity index (χ3n) is 4.12. The molecule has 0 aromatic heterocycles. The van der Waals surface area contributed by atoms with Gasteiger partial charge in [-0.2, -0.15) is 0 Å². The molecule has 1 atom stereocenters. The molecule has 1 fully saturated rings. The van der Waals surface area contributed by atoms with Gasteiger partial charge < -0.3 is 19.8 Å². The van der Waals surface area contributed by atoms with Gasteiger partial charge in [0.2, 0.25) is 0 Å². The Kier molecular flexibility index (Phi) is 4.22. The Morgan fingerprint density at radius 3 is 2.25 bits per heavy atom. The molecule has 1 aromatic carbocycles. The number of benzene rings is 1. The van der Waals surface area contributed by atoms with E-state index in [0.717, 1.165) is 15.8 Å². The zero-order valence-corrected chi connectivity index (χ0v) is 14.2. The Hall–Kier alpha value is -0.555. The molecule has 20 heavy (non-hydrogen) atoms. The standard InChI is InChI=1S/C14H21BBrNO3/c1-13(2)14(3,4)20-15(19-13)12(17)10-7-6-9(16)8-11(10)18-5/h6-8,12H,17H2,1-5H3/t12-/m1/s1. The van der Waals surface area contributed by atoms with Crippen molar-refractivity contribution in [3.05, 3.63) is 28.2 Å². The number of methoxy groups -OCH3 is 1. The van der Waals surface area contributed by atoms with Crippen molar-refractivity contribution < 1.29 is 14.0 Å². The molecule has 0 unspecified atom stereocenters. The van der Waals surface area contributed by atoms with Crippen molar-refractivity contribution in [1.82, 2.24) is 0 Å². The van der Waals surface area contributed by atoms with Crippen molar-refractivity contribution in [2.75, 3.05) is 7.11 Å². The van der Waals surface area contributed by atoms with Crippen molar-refractivity contribution in [1.29, 1.82) is 0 Å². The minimum absolute atomic E-state index is 0.391. The molecule has 6 heteroatoms. The van der Waals surface area contributed by atoms with Crippen LogP contribution in [0.15, 0.2) is 22.7 Å². The molecule has 0 amide bonds. The maximum Gasteiger partial charge on any atom is 0.480 e. The first-order chi connectivity index (χ1) is 9.18. The second-order valence-corrected chi connectivity index (χ2v) is 6.95. The van der Waals surface area contributed by atoms with Gasteiger partial charge in [-0.05, 0) is 39.8 Å². The Morgan fingerprint density at radius 2 is 1.75 bits per heavy atom. The zero-order chi connectivity index (χ0) is 15.1. The van der Waals surface area contributed by atoms with Crippen LogP contribution in [0.5, 0.6) is 5.75 Å². The lowest BCUT2D eigenvalue weighted by Gasteiger charge is -2.32. The van der Waals surface area contributed by atoms with E-state index in [1.54, 1.807) is 7.11 Å². The van der Waals surface area contributed by atoms with Crippen molar-refractivity contribution in [2.45, 2.75) is 44.8 Å². The largest absolute Gasteiger partial charge is 0.496 e. The van der Waals surface area contributed by atoms with Crippen LogP contribution < -0.4 is 10.5 Å². The van der Waals surface area contributed by atoms with Gasteiger partial charge in [-0.15, -0.1) is 0 Å². The van der Waals surface area contributed by atoms with E-state index in [0.29, 0.717) is 0 Å². The maximum absolute atomic E-state index is 6.32. The van der Waals surface area contributed by atoms with Crippen LogP contribution in [-0.4, -0.2) is 25.4 Å². The second-order valence-electron chi connectivity index (χ2n) is 6.04. The number of hydrogen-bond donors (Lipinski definition) is 1. The minimum atomic E-state index is -0.491. The van der Waals surface area contributed by atoms with Crippen LogP contribution in [0.1, 0.15) is 39.2 Å². The molecule has 4 nitrogen and oxygen atoms in total. The predicted octanol–water partition coefficient (Wildman–Crippen LogP) is 3.09. The Balaban J connectivity index is 2.27. The first kappa shape index (κ1) is 15.8. The summed E-state index contributed by atoms with van der Waals surface area (Å²) in [7, 11) is 1.14. The highest BCUT2D eigenvalue weighted by molar-refractivity contribution is 9.10. The number of nitrogens with two attached hydrogens (primary N) is 1. The second kappa shape index (κ2) is 5.33. The van der Waals surface area contributed by atoms with Gasteiger partial charge in [-0.25, -0.2) is 0 Å². The lowest BCUT2D eigenvalue weighted by molar-refractivity contribution is 0.00578. The van der Waals surface area contributed by atoms with Gasteiger partial charge >= 0.3 is 7.12 Å². The molecule has 1 aliphatic heterocycles. The molecule has 110 valence electrons. The molecule has 0 radical (unpaired) electrons. The van der Waals surface area contributed by atoms with Crippen molar-refractivity contribution in [3.63, 3.8) is 0 Å². The van der Waals surface area contributed by atoms with E-state index in [4.69, 9.17) is 19.8 Å². The first-order valence-electron chi connectivity index (χ1n) is 6.62.